The molecule has 0 unspecified atom stereocenters. The Labute approximate surface area is 90.0 Å². The van der Waals surface area contributed by atoms with Crippen LogP contribution in [0, 0.1) is 6.92 Å². The molecule has 7 heteroatoms. The normalized spacial score (nSPS) is 10.8. The number of rotatable bonds is 4. The van der Waals surface area contributed by atoms with E-state index in [0.29, 0.717) is 18.1 Å². The second kappa shape index (κ2) is 4.47. The zero-order chi connectivity index (χ0) is 10.7. The summed E-state index contributed by atoms with van der Waals surface area (Å²) in [6.45, 7) is 2.08. The number of nitrogens with two attached hydrogens (primary N) is 1. The Bertz CT molecular complexity index is 439. The number of hydrogen-bond acceptors (Lipinski definition) is 7. The highest BCUT2D eigenvalue weighted by atomic mass is 32.1. The molecule has 0 fully saturated rings. The highest BCUT2D eigenvalue weighted by molar-refractivity contribution is 7.09. The average molecular weight is 226 g/mol. The molecule has 0 radical (unpaired) electrons. The van der Waals surface area contributed by atoms with Crippen LogP contribution in [-0.4, -0.2) is 15.1 Å². The van der Waals surface area contributed by atoms with Crippen LogP contribution in [-0.2, 0) is 17.9 Å². The van der Waals surface area contributed by atoms with Crippen LogP contribution in [0.25, 0.3) is 0 Å². The van der Waals surface area contributed by atoms with E-state index in [2.05, 4.69) is 20.0 Å². The van der Waals surface area contributed by atoms with E-state index in [0.717, 1.165) is 10.7 Å². The first-order valence-corrected chi connectivity index (χ1v) is 5.20. The van der Waals surface area contributed by atoms with Crippen molar-refractivity contribution in [2.24, 2.45) is 5.90 Å². The highest BCUT2D eigenvalue weighted by Gasteiger charge is 2.08. The summed E-state index contributed by atoms with van der Waals surface area (Å²) in [6.07, 6.45) is 0.568. The topological polar surface area (TPSA) is 87.1 Å². The summed E-state index contributed by atoms with van der Waals surface area (Å²) in [4.78, 5) is 12.8. The Morgan fingerprint density at radius 1 is 1.53 bits per heavy atom. The second-order valence-electron chi connectivity index (χ2n) is 2.95. The van der Waals surface area contributed by atoms with E-state index >= 15 is 0 Å². The molecule has 0 atom stereocenters. The van der Waals surface area contributed by atoms with Gasteiger partial charge in [0, 0.05) is 5.38 Å². The zero-order valence-electron chi connectivity index (χ0n) is 8.14. The lowest BCUT2D eigenvalue weighted by Gasteiger charge is -1.88. The number of nitrogens with zero attached hydrogens (tertiary/aromatic N) is 3. The van der Waals surface area contributed by atoms with Gasteiger partial charge < -0.3 is 4.52 Å². The molecule has 0 saturated carbocycles. The van der Waals surface area contributed by atoms with Crippen LogP contribution in [0.15, 0.2) is 9.90 Å². The third-order valence-corrected chi connectivity index (χ3v) is 2.55. The second-order valence-corrected chi connectivity index (χ2v) is 4.01. The predicted molar refractivity (Wildman–Crippen MR) is 52.9 cm³/mol. The summed E-state index contributed by atoms with van der Waals surface area (Å²) in [5.41, 5.74) is 0.943. The molecule has 0 aliphatic rings. The van der Waals surface area contributed by atoms with Crippen molar-refractivity contribution in [3.8, 4) is 0 Å². The van der Waals surface area contributed by atoms with Gasteiger partial charge in [-0.1, -0.05) is 5.16 Å². The molecule has 0 spiro atoms. The quantitative estimate of drug-likeness (QED) is 0.776. The molecule has 15 heavy (non-hydrogen) atoms. The summed E-state index contributed by atoms with van der Waals surface area (Å²) in [5, 5.41) is 6.79. The van der Waals surface area contributed by atoms with Crippen LogP contribution >= 0.6 is 11.3 Å². The van der Waals surface area contributed by atoms with E-state index in [9.17, 15) is 0 Å². The molecule has 2 aromatic rings. The molecule has 2 N–H and O–H groups in total. The Morgan fingerprint density at radius 3 is 3.07 bits per heavy atom. The monoisotopic (exact) mass is 226 g/mol. The van der Waals surface area contributed by atoms with E-state index in [1.54, 1.807) is 11.3 Å². The van der Waals surface area contributed by atoms with Gasteiger partial charge in [0.1, 0.15) is 6.61 Å². The van der Waals surface area contributed by atoms with E-state index in [1.165, 1.54) is 0 Å². The van der Waals surface area contributed by atoms with E-state index < -0.39 is 0 Å². The molecule has 6 nitrogen and oxygen atoms in total. The van der Waals surface area contributed by atoms with Crippen molar-refractivity contribution in [1.29, 1.82) is 0 Å². The van der Waals surface area contributed by atoms with E-state index in [-0.39, 0.29) is 6.61 Å². The molecular formula is C8H10N4O2S. The van der Waals surface area contributed by atoms with Gasteiger partial charge in [-0.25, -0.2) is 10.9 Å². The summed E-state index contributed by atoms with van der Waals surface area (Å²) in [5.74, 6) is 5.85. The van der Waals surface area contributed by atoms with Crippen molar-refractivity contribution in [3.05, 3.63) is 27.8 Å². The molecule has 0 bridgehead atoms. The Balaban J connectivity index is 2.04. The molecule has 80 valence electrons. The van der Waals surface area contributed by atoms with Crippen LogP contribution in [0.2, 0.25) is 0 Å². The maximum absolute atomic E-state index is 4.89. The van der Waals surface area contributed by atoms with Crippen molar-refractivity contribution < 1.29 is 9.36 Å². The van der Waals surface area contributed by atoms with Gasteiger partial charge in [0.15, 0.2) is 5.82 Å². The zero-order valence-corrected chi connectivity index (χ0v) is 8.95. The minimum Gasteiger partial charge on any atom is -0.337 e. The summed E-state index contributed by atoms with van der Waals surface area (Å²) in [6, 6.07) is 0. The third-order valence-electron chi connectivity index (χ3n) is 1.72. The Kier molecular flexibility index (Phi) is 3.05. The van der Waals surface area contributed by atoms with Crippen LogP contribution in [0.3, 0.4) is 0 Å². The molecular weight excluding hydrogens is 216 g/mol. The van der Waals surface area contributed by atoms with Gasteiger partial charge in [0.25, 0.3) is 5.89 Å². The van der Waals surface area contributed by atoms with Crippen LogP contribution < -0.4 is 5.90 Å². The molecule has 0 aliphatic carbocycles. The fraction of sp³-hybridized carbons (Fsp3) is 0.375. The predicted octanol–water partition coefficient (Wildman–Crippen LogP) is 0.816. The molecule has 0 saturated heterocycles. The van der Waals surface area contributed by atoms with Crippen molar-refractivity contribution in [3.63, 3.8) is 0 Å². The van der Waals surface area contributed by atoms with Gasteiger partial charge in [-0.2, -0.15) is 4.98 Å². The minimum atomic E-state index is 0.128. The summed E-state index contributed by atoms with van der Waals surface area (Å²) >= 11 is 1.60. The lowest BCUT2D eigenvalue weighted by molar-refractivity contribution is 0.0995. The molecule has 0 aromatic carbocycles. The van der Waals surface area contributed by atoms with Crippen LogP contribution in [0.1, 0.15) is 22.4 Å². The lowest BCUT2D eigenvalue weighted by atomic mass is 10.3. The minimum absolute atomic E-state index is 0.128. The maximum atomic E-state index is 4.89. The summed E-state index contributed by atoms with van der Waals surface area (Å²) < 4.78 is 4.89. The van der Waals surface area contributed by atoms with Crippen LogP contribution in [0.4, 0.5) is 0 Å². The number of hydrogen-bond donors (Lipinski definition) is 1. The van der Waals surface area contributed by atoms with Crippen molar-refractivity contribution in [1.82, 2.24) is 15.1 Å². The van der Waals surface area contributed by atoms with Gasteiger partial charge >= 0.3 is 0 Å². The van der Waals surface area contributed by atoms with E-state index in [1.807, 2.05) is 12.3 Å². The number of aromatic nitrogens is 3. The highest BCUT2D eigenvalue weighted by Crippen LogP contribution is 2.11. The number of aryl methyl sites for hydroxylation is 1. The van der Waals surface area contributed by atoms with Gasteiger partial charge in [-0.3, -0.25) is 4.84 Å². The first-order chi connectivity index (χ1) is 7.28. The molecule has 2 rings (SSSR count). The van der Waals surface area contributed by atoms with Crippen molar-refractivity contribution >= 4 is 11.3 Å². The average Bonchev–Trinajstić information content (AvgIpc) is 2.78. The van der Waals surface area contributed by atoms with Crippen molar-refractivity contribution in [2.45, 2.75) is 20.0 Å². The molecule has 2 aromatic heterocycles. The largest absolute Gasteiger partial charge is 0.337 e. The SMILES string of the molecule is Cc1nc(Cc2noc(CON)n2)cs1. The van der Waals surface area contributed by atoms with Gasteiger partial charge in [0.05, 0.1) is 17.1 Å². The Hall–Kier alpha value is -1.31. The molecule has 0 amide bonds. The van der Waals surface area contributed by atoms with Crippen molar-refractivity contribution in [2.75, 3.05) is 0 Å². The van der Waals surface area contributed by atoms with Gasteiger partial charge in [-0.05, 0) is 6.92 Å². The molecule has 2 heterocycles. The van der Waals surface area contributed by atoms with Gasteiger partial charge in [0.2, 0.25) is 0 Å². The first-order valence-electron chi connectivity index (χ1n) is 4.32. The standard InChI is InChI=1S/C8H10N4O2S/c1-5-10-6(4-15-5)2-7-11-8(3-13-9)14-12-7/h4H,2-3,9H2,1H3. The third kappa shape index (κ3) is 2.58. The molecule has 0 aliphatic heterocycles. The van der Waals surface area contributed by atoms with E-state index in [4.69, 9.17) is 10.4 Å². The number of thiazole rings is 1. The smallest absolute Gasteiger partial charge is 0.254 e. The lowest BCUT2D eigenvalue weighted by Crippen LogP contribution is -1.99. The Morgan fingerprint density at radius 2 is 2.40 bits per heavy atom. The first kappa shape index (κ1) is 10.2. The van der Waals surface area contributed by atoms with Crippen LogP contribution in [0.5, 0.6) is 0 Å². The fourth-order valence-corrected chi connectivity index (χ4v) is 1.76. The maximum Gasteiger partial charge on any atom is 0.254 e. The fourth-order valence-electron chi connectivity index (χ4n) is 1.14. The van der Waals surface area contributed by atoms with Gasteiger partial charge in [-0.15, -0.1) is 11.3 Å². The summed E-state index contributed by atoms with van der Waals surface area (Å²) in [7, 11) is 0.